The number of thiazole rings is 1. The molecule has 1 unspecified atom stereocenters. The first-order chi connectivity index (χ1) is 17.3. The minimum absolute atomic E-state index is 0. The molecule has 0 spiro atoms. The number of sulfonamides is 1. The Morgan fingerprint density at radius 2 is 1.81 bits per heavy atom. The smallest absolute Gasteiger partial charge is 0.260 e. The lowest BCUT2D eigenvalue weighted by molar-refractivity contribution is 0.0983. The van der Waals surface area contributed by atoms with Gasteiger partial charge in [-0.2, -0.15) is 4.31 Å². The van der Waals surface area contributed by atoms with Crippen molar-refractivity contribution >= 4 is 55.0 Å². The maximum Gasteiger partial charge on any atom is 0.260 e. The quantitative estimate of drug-likeness (QED) is 0.345. The lowest BCUT2D eigenvalue weighted by Gasteiger charge is -2.32. The fourth-order valence-corrected chi connectivity index (χ4v) is 7.28. The summed E-state index contributed by atoms with van der Waals surface area (Å²) in [7, 11) is -3.63. The minimum atomic E-state index is -3.63. The molecule has 1 atom stereocenters. The van der Waals surface area contributed by atoms with Gasteiger partial charge in [-0.15, -0.1) is 12.4 Å². The summed E-state index contributed by atoms with van der Waals surface area (Å²) in [5, 5.41) is 0.422. The fourth-order valence-electron chi connectivity index (χ4n) is 4.57. The van der Waals surface area contributed by atoms with Gasteiger partial charge in [0.15, 0.2) is 5.13 Å². The molecule has 1 aliphatic heterocycles. The van der Waals surface area contributed by atoms with Crippen LogP contribution in [-0.2, 0) is 10.0 Å². The molecule has 7 nitrogen and oxygen atoms in total. The lowest BCUT2D eigenvalue weighted by atomic mass is 10.1. The van der Waals surface area contributed by atoms with E-state index in [9.17, 15) is 17.6 Å². The van der Waals surface area contributed by atoms with Crippen molar-refractivity contribution in [3.05, 3.63) is 53.8 Å². The Kier molecular flexibility index (Phi) is 10.0. The van der Waals surface area contributed by atoms with Crippen LogP contribution in [0.2, 0.25) is 0 Å². The Morgan fingerprint density at radius 1 is 1.11 bits per heavy atom. The second-order valence-corrected chi connectivity index (χ2v) is 12.0. The Hall–Kier alpha value is -2.11. The molecule has 0 radical (unpaired) electrons. The van der Waals surface area contributed by atoms with Gasteiger partial charge in [-0.1, -0.05) is 37.7 Å². The average Bonchev–Trinajstić information content (AvgIpc) is 3.32. The maximum atomic E-state index is 14.3. The molecule has 37 heavy (non-hydrogen) atoms. The first kappa shape index (κ1) is 29.4. The molecule has 2 aromatic carbocycles. The van der Waals surface area contributed by atoms with E-state index in [-0.39, 0.29) is 34.8 Å². The van der Waals surface area contributed by atoms with Gasteiger partial charge in [-0.3, -0.25) is 9.69 Å². The first-order valence-corrected chi connectivity index (χ1v) is 14.7. The monoisotopic (exact) mass is 568 g/mol. The van der Waals surface area contributed by atoms with Gasteiger partial charge in [-0.05, 0) is 69.3 Å². The van der Waals surface area contributed by atoms with Crippen LogP contribution in [0.15, 0.2) is 47.4 Å². The van der Waals surface area contributed by atoms with E-state index in [4.69, 9.17) is 0 Å². The van der Waals surface area contributed by atoms with Crippen LogP contribution >= 0.6 is 23.7 Å². The molecule has 1 aliphatic rings. The van der Waals surface area contributed by atoms with Gasteiger partial charge in [0.05, 0.1) is 9.60 Å². The first-order valence-electron chi connectivity index (χ1n) is 12.5. The molecule has 1 aromatic heterocycles. The van der Waals surface area contributed by atoms with Crippen molar-refractivity contribution < 1.29 is 17.6 Å². The highest BCUT2D eigenvalue weighted by molar-refractivity contribution is 7.89. The molecule has 202 valence electrons. The predicted octanol–water partition coefficient (Wildman–Crippen LogP) is 5.41. The second kappa shape index (κ2) is 12.6. The number of fused-ring (bicyclic) bond motifs is 1. The molecular weight excluding hydrogens is 535 g/mol. The third kappa shape index (κ3) is 6.31. The van der Waals surface area contributed by atoms with E-state index < -0.39 is 15.8 Å². The lowest BCUT2D eigenvalue weighted by Crippen LogP contribution is -2.42. The molecule has 11 heteroatoms. The zero-order chi connectivity index (χ0) is 25.9. The van der Waals surface area contributed by atoms with Crippen molar-refractivity contribution in [3.8, 4) is 0 Å². The van der Waals surface area contributed by atoms with Crippen LogP contribution in [0.5, 0.6) is 0 Å². The van der Waals surface area contributed by atoms with E-state index in [2.05, 4.69) is 23.7 Å². The Balaban J connectivity index is 0.00000380. The van der Waals surface area contributed by atoms with Gasteiger partial charge >= 0.3 is 0 Å². The van der Waals surface area contributed by atoms with Crippen molar-refractivity contribution in [2.45, 2.75) is 51.0 Å². The van der Waals surface area contributed by atoms with Crippen molar-refractivity contribution in [2.24, 2.45) is 0 Å². The highest BCUT2D eigenvalue weighted by Crippen LogP contribution is 2.31. The number of halogens is 2. The van der Waals surface area contributed by atoms with Crippen LogP contribution in [0.25, 0.3) is 10.2 Å². The van der Waals surface area contributed by atoms with Gasteiger partial charge in [0.2, 0.25) is 10.0 Å². The number of anilines is 1. The average molecular weight is 569 g/mol. The SMILES string of the molecule is CCN(CC)CCN(C(=O)c1ccc(S(=O)(=O)N2CCCCC2C)cc1)c1nc2c(F)cccc2s1.Cl. The van der Waals surface area contributed by atoms with Crippen molar-refractivity contribution in [3.63, 3.8) is 0 Å². The number of carbonyl (C=O) groups is 1. The third-order valence-corrected chi connectivity index (χ3v) is 9.89. The summed E-state index contributed by atoms with van der Waals surface area (Å²) in [6, 6.07) is 10.9. The molecular formula is C26H34ClFN4O3S2. The van der Waals surface area contributed by atoms with Gasteiger partial charge in [-0.25, -0.2) is 17.8 Å². The number of hydrogen-bond donors (Lipinski definition) is 0. The number of nitrogens with zero attached hydrogens (tertiary/aromatic N) is 4. The van der Waals surface area contributed by atoms with Gasteiger partial charge < -0.3 is 4.90 Å². The molecule has 0 bridgehead atoms. The minimum Gasteiger partial charge on any atom is -0.302 e. The number of carbonyl (C=O) groups excluding carboxylic acids is 1. The zero-order valence-electron chi connectivity index (χ0n) is 21.4. The van der Waals surface area contributed by atoms with Gasteiger partial charge in [0.25, 0.3) is 5.91 Å². The Morgan fingerprint density at radius 3 is 2.43 bits per heavy atom. The largest absolute Gasteiger partial charge is 0.302 e. The molecule has 0 N–H and O–H groups in total. The summed E-state index contributed by atoms with van der Waals surface area (Å²) in [5.74, 6) is -0.718. The van der Waals surface area contributed by atoms with E-state index in [0.717, 1.165) is 32.4 Å². The highest BCUT2D eigenvalue weighted by atomic mass is 35.5. The molecule has 4 rings (SSSR count). The number of aromatic nitrogens is 1. The second-order valence-electron chi connectivity index (χ2n) is 9.05. The number of hydrogen-bond acceptors (Lipinski definition) is 6. The standard InChI is InChI=1S/C26H33FN4O3S2.ClH/c1-4-29(5-2)17-18-30(26-28-24-22(27)10-8-11-23(24)35-26)25(32)20-12-14-21(15-13-20)36(33,34)31-16-7-6-9-19(31)3;/h8,10-15,19H,4-7,9,16-18H2,1-3H3;1H. The molecule has 1 amide bonds. The summed E-state index contributed by atoms with van der Waals surface area (Å²) in [4.78, 5) is 22.0. The van der Waals surface area contributed by atoms with Crippen LogP contribution in [0.3, 0.4) is 0 Å². The van der Waals surface area contributed by atoms with E-state index in [1.807, 2.05) is 6.92 Å². The topological polar surface area (TPSA) is 73.8 Å². The summed E-state index contributed by atoms with van der Waals surface area (Å²) < 4.78 is 42.9. The zero-order valence-corrected chi connectivity index (χ0v) is 23.8. The predicted molar refractivity (Wildman–Crippen MR) is 150 cm³/mol. The Labute approximate surface area is 228 Å². The Bertz CT molecular complexity index is 1310. The van der Waals surface area contributed by atoms with E-state index in [1.54, 1.807) is 33.5 Å². The van der Waals surface area contributed by atoms with Crippen LogP contribution in [-0.4, -0.2) is 67.3 Å². The third-order valence-electron chi connectivity index (χ3n) is 6.82. The number of rotatable bonds is 9. The maximum absolute atomic E-state index is 14.3. The number of para-hydroxylation sites is 1. The van der Waals surface area contributed by atoms with Gasteiger partial charge in [0, 0.05) is 31.2 Å². The molecule has 3 aromatic rings. The van der Waals surface area contributed by atoms with E-state index in [0.29, 0.717) is 35.0 Å². The van der Waals surface area contributed by atoms with Crippen molar-refractivity contribution in [2.75, 3.05) is 37.6 Å². The molecule has 2 heterocycles. The van der Waals surface area contributed by atoms with Crippen LogP contribution < -0.4 is 4.90 Å². The number of likely N-dealkylation sites (N-methyl/N-ethyl adjacent to an activating group) is 1. The number of amides is 1. The summed E-state index contributed by atoms with van der Waals surface area (Å²) >= 11 is 1.27. The molecule has 1 fully saturated rings. The molecule has 0 aliphatic carbocycles. The summed E-state index contributed by atoms with van der Waals surface area (Å²) in [5.41, 5.74) is 0.607. The number of benzene rings is 2. The van der Waals surface area contributed by atoms with Crippen molar-refractivity contribution in [1.82, 2.24) is 14.2 Å². The normalized spacial score (nSPS) is 16.6. The fraction of sp³-hybridized carbons (Fsp3) is 0.462. The van der Waals surface area contributed by atoms with Gasteiger partial charge in [0.1, 0.15) is 11.3 Å². The number of piperidine rings is 1. The summed E-state index contributed by atoms with van der Waals surface area (Å²) in [6.45, 7) is 9.27. The van der Waals surface area contributed by atoms with E-state index >= 15 is 0 Å². The van der Waals surface area contributed by atoms with Crippen LogP contribution in [0, 0.1) is 5.82 Å². The van der Waals surface area contributed by atoms with E-state index in [1.165, 1.54) is 29.5 Å². The van der Waals surface area contributed by atoms with Crippen LogP contribution in [0.4, 0.5) is 9.52 Å². The summed E-state index contributed by atoms with van der Waals surface area (Å²) in [6.07, 6.45) is 2.73. The highest BCUT2D eigenvalue weighted by Gasteiger charge is 2.31. The molecule has 1 saturated heterocycles. The van der Waals surface area contributed by atoms with Crippen molar-refractivity contribution in [1.29, 1.82) is 0 Å². The molecule has 0 saturated carbocycles. The van der Waals surface area contributed by atoms with Crippen LogP contribution in [0.1, 0.15) is 50.4 Å².